The SMILES string of the molecule is O[C@@H]1c2ccccc2-c2cc3ccccc3c(F)c2[C@H]1O. The van der Waals surface area contributed by atoms with Gasteiger partial charge in [0.25, 0.3) is 0 Å². The lowest BCUT2D eigenvalue weighted by Crippen LogP contribution is -2.18. The third-order valence-electron chi connectivity index (χ3n) is 4.19. The molecule has 1 aliphatic carbocycles. The molecule has 0 spiro atoms. The highest BCUT2D eigenvalue weighted by Crippen LogP contribution is 2.46. The van der Waals surface area contributed by atoms with E-state index in [1.54, 1.807) is 24.3 Å². The van der Waals surface area contributed by atoms with Gasteiger partial charge < -0.3 is 10.2 Å². The Morgan fingerprint density at radius 3 is 2.38 bits per heavy atom. The first kappa shape index (κ1) is 12.5. The van der Waals surface area contributed by atoms with Gasteiger partial charge in [-0.2, -0.15) is 0 Å². The second-order valence-corrected chi connectivity index (χ2v) is 5.35. The summed E-state index contributed by atoms with van der Waals surface area (Å²) in [5.74, 6) is -0.454. The molecule has 0 aromatic heterocycles. The van der Waals surface area contributed by atoms with Crippen LogP contribution in [-0.2, 0) is 0 Å². The summed E-state index contributed by atoms with van der Waals surface area (Å²) in [6.07, 6.45) is -2.36. The van der Waals surface area contributed by atoms with Crippen molar-refractivity contribution >= 4 is 10.8 Å². The number of hydrogen-bond donors (Lipinski definition) is 2. The zero-order valence-electron chi connectivity index (χ0n) is 11.1. The molecule has 3 heteroatoms. The number of hydrogen-bond acceptors (Lipinski definition) is 2. The van der Waals surface area contributed by atoms with Crippen molar-refractivity contribution in [2.24, 2.45) is 0 Å². The average molecular weight is 280 g/mol. The lowest BCUT2D eigenvalue weighted by Gasteiger charge is -2.30. The third-order valence-corrected chi connectivity index (χ3v) is 4.19. The Balaban J connectivity index is 2.15. The number of fused-ring (bicyclic) bond motifs is 4. The number of aliphatic hydroxyl groups is 2. The van der Waals surface area contributed by atoms with Gasteiger partial charge in [0.1, 0.15) is 18.0 Å². The van der Waals surface area contributed by atoms with Crippen molar-refractivity contribution in [1.29, 1.82) is 0 Å². The molecule has 2 nitrogen and oxygen atoms in total. The highest BCUT2D eigenvalue weighted by atomic mass is 19.1. The van der Waals surface area contributed by atoms with E-state index in [2.05, 4.69) is 0 Å². The lowest BCUT2D eigenvalue weighted by atomic mass is 9.80. The normalized spacial score (nSPS) is 20.1. The summed E-state index contributed by atoms with van der Waals surface area (Å²) >= 11 is 0. The van der Waals surface area contributed by atoms with Crippen molar-refractivity contribution in [2.45, 2.75) is 12.2 Å². The van der Waals surface area contributed by atoms with Gasteiger partial charge in [0.15, 0.2) is 0 Å². The van der Waals surface area contributed by atoms with Crippen molar-refractivity contribution < 1.29 is 14.6 Å². The molecule has 2 atom stereocenters. The van der Waals surface area contributed by atoms with Gasteiger partial charge in [-0.15, -0.1) is 0 Å². The summed E-state index contributed by atoms with van der Waals surface area (Å²) in [4.78, 5) is 0. The maximum absolute atomic E-state index is 14.8. The summed E-state index contributed by atoms with van der Waals surface area (Å²) in [7, 11) is 0. The molecule has 1 aliphatic rings. The molecule has 0 heterocycles. The molecule has 0 aliphatic heterocycles. The van der Waals surface area contributed by atoms with Crippen LogP contribution in [0.15, 0.2) is 54.6 Å². The molecule has 0 radical (unpaired) electrons. The predicted molar refractivity (Wildman–Crippen MR) is 79.3 cm³/mol. The summed E-state index contributed by atoms with van der Waals surface area (Å²) in [6, 6.07) is 16.3. The van der Waals surface area contributed by atoms with E-state index in [9.17, 15) is 14.6 Å². The number of rotatable bonds is 0. The first-order valence-electron chi connectivity index (χ1n) is 6.85. The van der Waals surface area contributed by atoms with Gasteiger partial charge in [0.2, 0.25) is 0 Å². The summed E-state index contributed by atoms with van der Waals surface area (Å²) < 4.78 is 14.8. The maximum Gasteiger partial charge on any atom is 0.137 e. The van der Waals surface area contributed by atoms with Crippen molar-refractivity contribution in [3.05, 3.63) is 71.5 Å². The molecule has 3 aromatic carbocycles. The standard InChI is InChI=1S/C18H13FO2/c19-16-11-6-2-1-5-10(11)9-14-12-7-3-4-8-13(12)17(20)18(21)15(14)16/h1-9,17-18,20-21H/t17-,18-/m1/s1. The van der Waals surface area contributed by atoms with E-state index in [1.807, 2.05) is 30.3 Å². The summed E-state index contributed by atoms with van der Waals surface area (Å²) in [5.41, 5.74) is 2.24. The van der Waals surface area contributed by atoms with E-state index in [-0.39, 0.29) is 5.56 Å². The van der Waals surface area contributed by atoms with E-state index < -0.39 is 18.0 Å². The van der Waals surface area contributed by atoms with Crippen LogP contribution in [0, 0.1) is 5.82 Å². The molecule has 3 aromatic rings. The van der Waals surface area contributed by atoms with Crippen LogP contribution in [0.1, 0.15) is 23.3 Å². The van der Waals surface area contributed by atoms with Crippen molar-refractivity contribution in [3.8, 4) is 11.1 Å². The van der Waals surface area contributed by atoms with Crippen LogP contribution in [0.2, 0.25) is 0 Å². The predicted octanol–water partition coefficient (Wildman–Crippen LogP) is 3.73. The van der Waals surface area contributed by atoms with Crippen molar-refractivity contribution in [1.82, 2.24) is 0 Å². The molecule has 0 amide bonds. The minimum atomic E-state index is -1.25. The summed E-state index contributed by atoms with van der Waals surface area (Å²) in [6.45, 7) is 0. The van der Waals surface area contributed by atoms with Crippen LogP contribution < -0.4 is 0 Å². The maximum atomic E-state index is 14.8. The van der Waals surface area contributed by atoms with E-state index in [4.69, 9.17) is 0 Å². The first-order valence-corrected chi connectivity index (χ1v) is 6.85. The van der Waals surface area contributed by atoms with Gasteiger partial charge >= 0.3 is 0 Å². The van der Waals surface area contributed by atoms with Crippen LogP contribution in [0.3, 0.4) is 0 Å². The van der Waals surface area contributed by atoms with Crippen molar-refractivity contribution in [2.75, 3.05) is 0 Å². The number of benzene rings is 3. The monoisotopic (exact) mass is 280 g/mol. The topological polar surface area (TPSA) is 40.5 Å². The average Bonchev–Trinajstić information content (AvgIpc) is 2.52. The van der Waals surface area contributed by atoms with E-state index in [0.717, 1.165) is 10.9 Å². The van der Waals surface area contributed by atoms with E-state index in [1.165, 1.54) is 0 Å². The van der Waals surface area contributed by atoms with Crippen LogP contribution in [0.4, 0.5) is 4.39 Å². The molecule has 4 rings (SSSR count). The smallest absolute Gasteiger partial charge is 0.137 e. The Bertz CT molecular complexity index is 857. The van der Waals surface area contributed by atoms with Gasteiger partial charge in [0.05, 0.1) is 0 Å². The highest BCUT2D eigenvalue weighted by Gasteiger charge is 2.34. The molecule has 0 bridgehead atoms. The van der Waals surface area contributed by atoms with E-state index >= 15 is 0 Å². The lowest BCUT2D eigenvalue weighted by molar-refractivity contribution is 0.0138. The van der Waals surface area contributed by atoms with Gasteiger partial charge in [-0.1, -0.05) is 48.5 Å². The molecule has 0 saturated heterocycles. The fourth-order valence-corrected chi connectivity index (χ4v) is 3.16. The van der Waals surface area contributed by atoms with Crippen LogP contribution in [0.5, 0.6) is 0 Å². The number of halogens is 1. The fourth-order valence-electron chi connectivity index (χ4n) is 3.16. The van der Waals surface area contributed by atoms with Crippen LogP contribution in [0.25, 0.3) is 21.9 Å². The molecule has 21 heavy (non-hydrogen) atoms. The minimum Gasteiger partial charge on any atom is -0.385 e. The Kier molecular flexibility index (Phi) is 2.61. The Morgan fingerprint density at radius 1 is 0.810 bits per heavy atom. The van der Waals surface area contributed by atoms with Gasteiger partial charge in [-0.3, -0.25) is 0 Å². The molecule has 0 saturated carbocycles. The largest absolute Gasteiger partial charge is 0.385 e. The van der Waals surface area contributed by atoms with Crippen LogP contribution >= 0.6 is 0 Å². The minimum absolute atomic E-state index is 0.180. The van der Waals surface area contributed by atoms with Gasteiger partial charge in [-0.05, 0) is 28.1 Å². The number of aliphatic hydroxyl groups excluding tert-OH is 2. The van der Waals surface area contributed by atoms with Crippen molar-refractivity contribution in [3.63, 3.8) is 0 Å². The Morgan fingerprint density at radius 2 is 1.52 bits per heavy atom. The highest BCUT2D eigenvalue weighted by molar-refractivity contribution is 5.91. The van der Waals surface area contributed by atoms with E-state index in [0.29, 0.717) is 16.5 Å². The molecular weight excluding hydrogens is 267 g/mol. The molecule has 0 unspecified atom stereocenters. The quantitative estimate of drug-likeness (QED) is 0.659. The van der Waals surface area contributed by atoms with Gasteiger partial charge in [0, 0.05) is 10.9 Å². The second kappa shape index (κ2) is 4.38. The van der Waals surface area contributed by atoms with Gasteiger partial charge in [-0.25, -0.2) is 4.39 Å². The first-order chi connectivity index (χ1) is 10.2. The summed E-state index contributed by atoms with van der Waals surface area (Å²) in [5, 5.41) is 21.8. The molecule has 104 valence electrons. The zero-order valence-corrected chi connectivity index (χ0v) is 11.1. The Hall–Kier alpha value is -2.23. The fraction of sp³-hybridized carbons (Fsp3) is 0.111. The zero-order chi connectivity index (χ0) is 14.6. The molecule has 2 N–H and O–H groups in total. The Labute approximate surface area is 121 Å². The second-order valence-electron chi connectivity index (χ2n) is 5.35. The molecular formula is C18H13FO2. The van der Waals surface area contributed by atoms with Crippen LogP contribution in [-0.4, -0.2) is 10.2 Å². The molecule has 0 fully saturated rings. The third kappa shape index (κ3) is 1.65.